The number of benzene rings is 4. The van der Waals surface area contributed by atoms with Gasteiger partial charge in [0.15, 0.2) is 5.78 Å². The number of non-ortho nitro benzene ring substituents is 2. The second-order valence-electron chi connectivity index (χ2n) is 11.0. The number of carbonyl (C=O) groups is 2. The predicted octanol–water partition coefficient (Wildman–Crippen LogP) is 6.73. The Morgan fingerprint density at radius 2 is 1.16 bits per heavy atom. The van der Waals surface area contributed by atoms with Crippen LogP contribution in [-0.2, 0) is 30.7 Å². The number of rotatable bonds is 9. The minimum absolute atomic E-state index is 0.0295. The second kappa shape index (κ2) is 13.8. The minimum atomic E-state index is -0.360. The summed E-state index contributed by atoms with van der Waals surface area (Å²) >= 11 is 0. The van der Waals surface area contributed by atoms with Gasteiger partial charge in [0.1, 0.15) is 6.29 Å². The molecular weight excluding hydrogens is 572 g/mol. The van der Waals surface area contributed by atoms with Gasteiger partial charge in [0.05, 0.1) is 9.85 Å². The van der Waals surface area contributed by atoms with Crippen molar-refractivity contribution < 1.29 is 19.4 Å². The third-order valence-corrected chi connectivity index (χ3v) is 7.88. The number of hydrogen-bond donors (Lipinski definition) is 0. The van der Waals surface area contributed by atoms with E-state index >= 15 is 0 Å². The number of allylic oxidation sites excluding steroid dienone is 1. The summed E-state index contributed by atoms with van der Waals surface area (Å²) < 4.78 is 0. The Morgan fingerprint density at radius 1 is 0.711 bits per heavy atom. The highest BCUT2D eigenvalue weighted by molar-refractivity contribution is 5.91. The van der Waals surface area contributed by atoms with Crippen LogP contribution in [0.2, 0.25) is 0 Å². The first-order valence-electron chi connectivity index (χ1n) is 14.6. The molecular formula is C35H32N4O6. The summed E-state index contributed by atoms with van der Waals surface area (Å²) in [7, 11) is 0. The lowest BCUT2D eigenvalue weighted by Crippen LogP contribution is -2.19. The number of carbonyl (C=O) groups excluding carboxylic acids is 2. The van der Waals surface area contributed by atoms with E-state index in [1.54, 1.807) is 48.6 Å². The monoisotopic (exact) mass is 604 g/mol. The number of hydrogen-bond acceptors (Lipinski definition) is 8. The molecule has 0 saturated heterocycles. The zero-order chi connectivity index (χ0) is 31.9. The molecule has 2 aliphatic rings. The number of aldehydes is 1. The van der Waals surface area contributed by atoms with Gasteiger partial charge in [0.2, 0.25) is 0 Å². The van der Waals surface area contributed by atoms with E-state index in [9.17, 15) is 29.8 Å². The van der Waals surface area contributed by atoms with Crippen LogP contribution in [0.3, 0.4) is 0 Å². The molecule has 45 heavy (non-hydrogen) atoms. The van der Waals surface area contributed by atoms with E-state index in [4.69, 9.17) is 0 Å². The highest BCUT2D eigenvalue weighted by Gasteiger charge is 2.23. The average molecular weight is 605 g/mol. The summed E-state index contributed by atoms with van der Waals surface area (Å²) in [6.45, 7) is 4.75. The van der Waals surface area contributed by atoms with Gasteiger partial charge in [-0.1, -0.05) is 54.6 Å². The molecule has 0 amide bonds. The van der Waals surface area contributed by atoms with Crippen LogP contribution < -0.4 is 9.80 Å². The van der Waals surface area contributed by atoms with Gasteiger partial charge in [-0.05, 0) is 65.8 Å². The molecule has 0 fully saturated rings. The number of nitro benzene ring substituents is 2. The Kier molecular flexibility index (Phi) is 9.43. The molecule has 0 aromatic heterocycles. The molecule has 10 nitrogen and oxygen atoms in total. The van der Waals surface area contributed by atoms with Gasteiger partial charge in [-0.3, -0.25) is 29.8 Å². The Balaban J connectivity index is 0.000000179. The first kappa shape index (κ1) is 30.8. The summed E-state index contributed by atoms with van der Waals surface area (Å²) in [5.41, 5.74) is 8.42. The fourth-order valence-electron chi connectivity index (χ4n) is 5.56. The van der Waals surface area contributed by atoms with Crippen LogP contribution in [0, 0.1) is 20.2 Å². The minimum Gasteiger partial charge on any atom is -0.367 e. The lowest BCUT2D eigenvalue weighted by Gasteiger charge is -2.19. The van der Waals surface area contributed by atoms with Crippen molar-refractivity contribution in [2.75, 3.05) is 22.9 Å². The largest absolute Gasteiger partial charge is 0.367 e. The molecule has 4 aromatic rings. The van der Waals surface area contributed by atoms with Gasteiger partial charge in [-0.25, -0.2) is 0 Å². The predicted molar refractivity (Wildman–Crippen MR) is 174 cm³/mol. The summed E-state index contributed by atoms with van der Waals surface area (Å²) in [4.78, 5) is 47.0. The molecule has 0 unspecified atom stereocenters. The van der Waals surface area contributed by atoms with E-state index in [1.807, 2.05) is 48.5 Å². The topological polar surface area (TPSA) is 127 Å². The van der Waals surface area contributed by atoms with Crippen LogP contribution in [-0.4, -0.2) is 35.0 Å². The third-order valence-electron chi connectivity index (χ3n) is 7.88. The van der Waals surface area contributed by atoms with E-state index < -0.39 is 0 Å². The zero-order valence-corrected chi connectivity index (χ0v) is 24.8. The Morgan fingerprint density at radius 3 is 1.56 bits per heavy atom. The second-order valence-corrected chi connectivity index (χ2v) is 11.0. The number of nitro groups is 2. The maximum absolute atomic E-state index is 11.0. The van der Waals surface area contributed by atoms with Gasteiger partial charge < -0.3 is 9.80 Å². The van der Waals surface area contributed by atoms with E-state index in [0.717, 1.165) is 78.9 Å². The van der Waals surface area contributed by atoms with Gasteiger partial charge in [-0.15, -0.1) is 0 Å². The molecule has 0 atom stereocenters. The van der Waals surface area contributed by atoms with E-state index in [1.165, 1.54) is 12.5 Å². The van der Waals surface area contributed by atoms with Crippen molar-refractivity contribution in [2.24, 2.45) is 0 Å². The summed E-state index contributed by atoms with van der Waals surface area (Å²) in [6.07, 6.45) is 5.84. The van der Waals surface area contributed by atoms with Gasteiger partial charge in [-0.2, -0.15) is 0 Å². The third kappa shape index (κ3) is 7.66. The SMILES string of the molecule is CC(=O)/C=C/c1ccc(CN2CCc3cc([N+](=O)[O-])ccc32)cc1.O=Cc1ccc(CN2CCc3cc([N+](=O)[O-])ccc32)cc1. The van der Waals surface area contributed by atoms with Crippen molar-refractivity contribution >= 4 is 40.9 Å². The molecule has 4 aromatic carbocycles. The maximum atomic E-state index is 11.0. The summed E-state index contributed by atoms with van der Waals surface area (Å²) in [5.74, 6) is 0.0295. The smallest absolute Gasteiger partial charge is 0.269 e. The van der Waals surface area contributed by atoms with Crippen molar-refractivity contribution in [3.63, 3.8) is 0 Å². The fourth-order valence-corrected chi connectivity index (χ4v) is 5.56. The van der Waals surface area contributed by atoms with Crippen molar-refractivity contribution in [3.05, 3.63) is 145 Å². The normalized spacial score (nSPS) is 13.2. The molecule has 6 rings (SSSR count). The molecule has 0 radical (unpaired) electrons. The molecule has 2 aliphatic heterocycles. The Bertz CT molecular complexity index is 1770. The summed E-state index contributed by atoms with van der Waals surface area (Å²) in [6, 6.07) is 25.6. The van der Waals surface area contributed by atoms with Crippen molar-refractivity contribution in [2.45, 2.75) is 32.9 Å². The van der Waals surface area contributed by atoms with Crippen molar-refractivity contribution in [3.8, 4) is 0 Å². The van der Waals surface area contributed by atoms with Gasteiger partial charge in [0.25, 0.3) is 11.4 Å². The fraction of sp³-hybridized carbons (Fsp3) is 0.200. The van der Waals surface area contributed by atoms with E-state index in [2.05, 4.69) is 9.80 Å². The average Bonchev–Trinajstić information content (AvgIpc) is 3.64. The van der Waals surface area contributed by atoms with Crippen molar-refractivity contribution in [1.82, 2.24) is 0 Å². The lowest BCUT2D eigenvalue weighted by atomic mass is 10.1. The molecule has 2 heterocycles. The van der Waals surface area contributed by atoms with Crippen LogP contribution in [0.15, 0.2) is 91.0 Å². The number of fused-ring (bicyclic) bond motifs is 2. The molecule has 10 heteroatoms. The number of ketones is 1. The molecule has 0 N–H and O–H groups in total. The quantitative estimate of drug-likeness (QED) is 0.0891. The zero-order valence-electron chi connectivity index (χ0n) is 24.8. The molecule has 0 spiro atoms. The van der Waals surface area contributed by atoms with Crippen LogP contribution in [0.1, 0.15) is 45.1 Å². The van der Waals surface area contributed by atoms with E-state index in [0.29, 0.717) is 5.56 Å². The van der Waals surface area contributed by atoms with Gasteiger partial charge in [0, 0.05) is 67.4 Å². The van der Waals surface area contributed by atoms with Gasteiger partial charge >= 0.3 is 0 Å². The van der Waals surface area contributed by atoms with Crippen LogP contribution in [0.5, 0.6) is 0 Å². The molecule has 0 saturated carbocycles. The Labute approximate surface area is 260 Å². The molecule has 0 aliphatic carbocycles. The lowest BCUT2D eigenvalue weighted by molar-refractivity contribution is -0.385. The number of anilines is 2. The standard InChI is InChI=1S/C19H18N2O3.C16H14N2O3/c1-14(22)2-3-15-4-6-16(7-5-15)13-20-11-10-17-12-18(21(23)24)8-9-19(17)20;19-11-13-3-1-12(2-4-13)10-17-8-7-14-9-15(18(20)21)5-6-16(14)17/h2-9,12H,10-11,13H2,1H3;1-6,9,11H,7-8,10H2/b3-2+;. The maximum Gasteiger partial charge on any atom is 0.269 e. The van der Waals surface area contributed by atoms with Crippen molar-refractivity contribution in [1.29, 1.82) is 0 Å². The highest BCUT2D eigenvalue weighted by Crippen LogP contribution is 2.33. The summed E-state index contributed by atoms with van der Waals surface area (Å²) in [5, 5.41) is 21.7. The molecule has 228 valence electrons. The van der Waals surface area contributed by atoms with Crippen LogP contribution >= 0.6 is 0 Å². The highest BCUT2D eigenvalue weighted by atomic mass is 16.6. The first-order chi connectivity index (χ1) is 21.7. The molecule has 0 bridgehead atoms. The number of nitrogens with zero attached hydrogens (tertiary/aromatic N) is 4. The van der Waals surface area contributed by atoms with E-state index in [-0.39, 0.29) is 27.0 Å². The van der Waals surface area contributed by atoms with Crippen LogP contribution in [0.4, 0.5) is 22.7 Å². The first-order valence-corrected chi connectivity index (χ1v) is 14.6. The van der Waals surface area contributed by atoms with Crippen LogP contribution in [0.25, 0.3) is 6.08 Å². The Hall–Kier alpha value is -5.64.